The van der Waals surface area contributed by atoms with Crippen molar-refractivity contribution in [3.8, 4) is 23.3 Å². The summed E-state index contributed by atoms with van der Waals surface area (Å²) in [7, 11) is -3.55. The predicted molar refractivity (Wildman–Crippen MR) is 120 cm³/mol. The van der Waals surface area contributed by atoms with E-state index in [0.29, 0.717) is 28.7 Å². The molecule has 2 aromatic carbocycles. The maximum atomic E-state index is 12.6. The van der Waals surface area contributed by atoms with Gasteiger partial charge in [0, 0.05) is 28.8 Å². The van der Waals surface area contributed by atoms with E-state index in [0.717, 1.165) is 11.8 Å². The number of anilines is 1. The lowest BCUT2D eigenvalue weighted by atomic mass is 10.1. The Labute approximate surface area is 188 Å². The molecule has 2 aromatic rings. The van der Waals surface area contributed by atoms with Gasteiger partial charge in [0.1, 0.15) is 13.2 Å². The van der Waals surface area contributed by atoms with Crippen LogP contribution in [0.25, 0.3) is 0 Å². The molecule has 8 heteroatoms. The van der Waals surface area contributed by atoms with Gasteiger partial charge in [0.05, 0.1) is 6.26 Å². The molecule has 7 nitrogen and oxygen atoms in total. The Balaban J connectivity index is 1.35. The van der Waals surface area contributed by atoms with Gasteiger partial charge in [-0.3, -0.25) is 8.98 Å². The number of carbonyl (C=O) groups excluding carboxylic acids is 1. The molecule has 0 radical (unpaired) electrons. The Morgan fingerprint density at radius 1 is 1.12 bits per heavy atom. The molecule has 0 bridgehead atoms. The summed E-state index contributed by atoms with van der Waals surface area (Å²) in [6, 6.07) is 12.3. The third-order valence-electron chi connectivity index (χ3n) is 5.31. The Kier molecular flexibility index (Phi) is 6.68. The first kappa shape index (κ1) is 22.2. The third-order valence-corrected chi connectivity index (χ3v) is 5.88. The molecule has 32 heavy (non-hydrogen) atoms. The highest BCUT2D eigenvalue weighted by atomic mass is 32.2. The van der Waals surface area contributed by atoms with Crippen LogP contribution >= 0.6 is 0 Å². The fraction of sp³-hybridized carbons (Fsp3) is 0.375. The van der Waals surface area contributed by atoms with Gasteiger partial charge in [0.15, 0.2) is 17.6 Å². The second-order valence-corrected chi connectivity index (χ2v) is 9.63. The van der Waals surface area contributed by atoms with Gasteiger partial charge < -0.3 is 14.8 Å². The standard InChI is InChI=1S/C24H25NO6S/c1-32(27,28)30-16-21-15-29-23-14-20(12-13-22(23)31-21)25-24(26)19-10-8-18(9-11-19)7-6-17-4-2-3-5-17/h8-14,17,21H,2-5,15-16H2,1H3,(H,25,26). The first-order valence-corrected chi connectivity index (χ1v) is 12.4. The zero-order chi connectivity index (χ0) is 22.6. The van der Waals surface area contributed by atoms with Gasteiger partial charge in [-0.05, 0) is 49.2 Å². The lowest BCUT2D eigenvalue weighted by Crippen LogP contribution is -2.34. The summed E-state index contributed by atoms with van der Waals surface area (Å²) in [4.78, 5) is 12.6. The van der Waals surface area contributed by atoms with Gasteiger partial charge in [0.2, 0.25) is 0 Å². The molecule has 0 saturated heterocycles. The maximum absolute atomic E-state index is 12.6. The van der Waals surface area contributed by atoms with E-state index in [1.165, 1.54) is 25.7 Å². The van der Waals surface area contributed by atoms with Crippen LogP contribution < -0.4 is 14.8 Å². The summed E-state index contributed by atoms with van der Waals surface area (Å²) in [5, 5.41) is 2.85. The average molecular weight is 456 g/mol. The minimum Gasteiger partial charge on any atom is -0.486 e. The Morgan fingerprint density at radius 2 is 1.88 bits per heavy atom. The molecule has 2 aliphatic rings. The van der Waals surface area contributed by atoms with Crippen molar-refractivity contribution in [1.29, 1.82) is 0 Å². The van der Waals surface area contributed by atoms with Gasteiger partial charge in [-0.25, -0.2) is 0 Å². The molecule has 1 aliphatic heterocycles. The molecule has 1 fully saturated rings. The molecule has 1 N–H and O–H groups in total. The number of rotatable bonds is 5. The number of ether oxygens (including phenoxy) is 2. The fourth-order valence-electron chi connectivity index (χ4n) is 3.64. The highest BCUT2D eigenvalue weighted by Gasteiger charge is 2.23. The summed E-state index contributed by atoms with van der Waals surface area (Å²) in [6.07, 6.45) is 5.33. The van der Waals surface area contributed by atoms with Crippen molar-refractivity contribution >= 4 is 21.7 Å². The number of nitrogens with one attached hydrogen (secondary N) is 1. The monoisotopic (exact) mass is 455 g/mol. The lowest BCUT2D eigenvalue weighted by molar-refractivity contribution is 0.0558. The third kappa shape index (κ3) is 6.02. The van der Waals surface area contributed by atoms with Crippen molar-refractivity contribution in [2.75, 3.05) is 24.8 Å². The van der Waals surface area contributed by atoms with Crippen LogP contribution in [-0.4, -0.2) is 39.9 Å². The van der Waals surface area contributed by atoms with Crippen molar-refractivity contribution in [3.05, 3.63) is 53.6 Å². The van der Waals surface area contributed by atoms with Crippen LogP contribution in [0.1, 0.15) is 41.6 Å². The number of fused-ring (bicyclic) bond motifs is 1. The van der Waals surface area contributed by atoms with Crippen molar-refractivity contribution in [2.24, 2.45) is 5.92 Å². The van der Waals surface area contributed by atoms with Crippen LogP contribution in [0.2, 0.25) is 0 Å². The molecule has 1 unspecified atom stereocenters. The Bertz CT molecular complexity index is 1140. The van der Waals surface area contributed by atoms with Gasteiger partial charge >= 0.3 is 0 Å². The highest BCUT2D eigenvalue weighted by Crippen LogP contribution is 2.34. The van der Waals surface area contributed by atoms with Crippen LogP contribution in [-0.2, 0) is 14.3 Å². The molecule has 1 atom stereocenters. The largest absolute Gasteiger partial charge is 0.486 e. The first-order chi connectivity index (χ1) is 15.4. The normalized spacial score (nSPS) is 18.0. The van der Waals surface area contributed by atoms with Gasteiger partial charge in [-0.15, -0.1) is 0 Å². The molecule has 1 saturated carbocycles. The maximum Gasteiger partial charge on any atom is 0.264 e. The lowest BCUT2D eigenvalue weighted by Gasteiger charge is -2.26. The zero-order valence-electron chi connectivity index (χ0n) is 17.8. The van der Waals surface area contributed by atoms with Gasteiger partial charge in [0.25, 0.3) is 16.0 Å². The molecule has 168 valence electrons. The van der Waals surface area contributed by atoms with E-state index in [4.69, 9.17) is 13.7 Å². The van der Waals surface area contributed by atoms with E-state index in [1.54, 1.807) is 30.3 Å². The summed E-state index contributed by atoms with van der Waals surface area (Å²) in [5.41, 5.74) is 2.00. The predicted octanol–water partition coefficient (Wildman–Crippen LogP) is 3.60. The fourth-order valence-corrected chi connectivity index (χ4v) is 4.04. The number of amides is 1. The van der Waals surface area contributed by atoms with Crippen LogP contribution in [0.5, 0.6) is 11.5 Å². The SMILES string of the molecule is CS(=O)(=O)OCC1COc2cc(NC(=O)c3ccc(C#CC4CCCC4)cc3)ccc2O1. The van der Waals surface area contributed by atoms with E-state index in [2.05, 4.69) is 17.2 Å². The second-order valence-electron chi connectivity index (χ2n) is 7.98. The van der Waals surface area contributed by atoms with Crippen molar-refractivity contribution in [3.63, 3.8) is 0 Å². The minimum atomic E-state index is -3.55. The molecule has 4 rings (SSSR count). The molecule has 1 heterocycles. The van der Waals surface area contributed by atoms with Crippen molar-refractivity contribution in [1.82, 2.24) is 0 Å². The molecule has 0 aromatic heterocycles. The molecular weight excluding hydrogens is 430 g/mol. The Hall–Kier alpha value is -3.02. The molecule has 0 spiro atoms. The number of benzene rings is 2. The van der Waals surface area contributed by atoms with Gasteiger partial charge in [-0.2, -0.15) is 8.42 Å². The summed E-state index contributed by atoms with van der Waals surface area (Å²) < 4.78 is 38.4. The number of hydrogen-bond acceptors (Lipinski definition) is 6. The van der Waals surface area contributed by atoms with Crippen LogP contribution in [0.4, 0.5) is 5.69 Å². The van der Waals surface area contributed by atoms with Crippen molar-refractivity contribution in [2.45, 2.75) is 31.8 Å². The molecule has 1 aliphatic carbocycles. The minimum absolute atomic E-state index is 0.127. The quantitative estimate of drug-likeness (QED) is 0.547. The summed E-state index contributed by atoms with van der Waals surface area (Å²) >= 11 is 0. The Morgan fingerprint density at radius 3 is 2.59 bits per heavy atom. The van der Waals surface area contributed by atoms with Crippen LogP contribution in [0.15, 0.2) is 42.5 Å². The number of carbonyl (C=O) groups is 1. The second kappa shape index (κ2) is 9.63. The first-order valence-electron chi connectivity index (χ1n) is 10.6. The van der Waals surface area contributed by atoms with E-state index in [1.807, 2.05) is 12.1 Å². The molecular formula is C24H25NO6S. The summed E-state index contributed by atoms with van der Waals surface area (Å²) in [6.45, 7) is 0.0149. The highest BCUT2D eigenvalue weighted by molar-refractivity contribution is 7.85. The van der Waals surface area contributed by atoms with Crippen LogP contribution in [0.3, 0.4) is 0 Å². The summed E-state index contributed by atoms with van der Waals surface area (Å²) in [5.74, 6) is 7.71. The van der Waals surface area contributed by atoms with E-state index in [9.17, 15) is 13.2 Å². The average Bonchev–Trinajstić information content (AvgIpc) is 3.30. The molecule has 1 amide bonds. The van der Waals surface area contributed by atoms with Crippen molar-refractivity contribution < 1.29 is 26.9 Å². The zero-order valence-corrected chi connectivity index (χ0v) is 18.6. The van der Waals surface area contributed by atoms with E-state index in [-0.39, 0.29) is 19.1 Å². The smallest absolute Gasteiger partial charge is 0.264 e. The number of hydrogen-bond donors (Lipinski definition) is 1. The van der Waals surface area contributed by atoms with Crippen LogP contribution in [0, 0.1) is 17.8 Å². The van der Waals surface area contributed by atoms with Gasteiger partial charge in [-0.1, -0.05) is 24.7 Å². The topological polar surface area (TPSA) is 90.9 Å². The van der Waals surface area contributed by atoms with E-state index < -0.39 is 16.2 Å². The van der Waals surface area contributed by atoms with E-state index >= 15 is 0 Å².